The van der Waals surface area contributed by atoms with E-state index >= 15 is 0 Å². The largest absolute Gasteiger partial charge is 0.426 e. The lowest BCUT2D eigenvalue weighted by atomic mass is 9.93. The molecule has 0 aromatic heterocycles. The zero-order chi connectivity index (χ0) is 24.8. The third-order valence-corrected chi connectivity index (χ3v) is 8.63. The molecule has 2 saturated heterocycles. The molecule has 2 aromatic rings. The SMILES string of the molecule is CCCCc1cc(C)ccc1OP1OCC2(CO1)COP(Oc1ccc(C)cc1C(C)CC)OC2. The van der Waals surface area contributed by atoms with Gasteiger partial charge in [0.25, 0.3) is 0 Å². The first-order chi connectivity index (χ1) is 16.9. The Morgan fingerprint density at radius 3 is 1.94 bits per heavy atom. The van der Waals surface area contributed by atoms with Crippen LogP contribution < -0.4 is 9.05 Å². The third kappa shape index (κ3) is 6.95. The van der Waals surface area contributed by atoms with Crippen LogP contribution >= 0.6 is 17.2 Å². The number of rotatable bonds is 9. The molecule has 1 unspecified atom stereocenters. The van der Waals surface area contributed by atoms with Crippen molar-refractivity contribution in [2.75, 3.05) is 26.4 Å². The van der Waals surface area contributed by atoms with Crippen LogP contribution in [0, 0.1) is 19.3 Å². The minimum absolute atomic E-state index is 0.338. The first-order valence-electron chi connectivity index (χ1n) is 12.6. The van der Waals surface area contributed by atoms with Crippen molar-refractivity contribution in [3.05, 3.63) is 58.7 Å². The summed E-state index contributed by atoms with van der Waals surface area (Å²) in [5, 5.41) is 0. The van der Waals surface area contributed by atoms with Crippen LogP contribution in [-0.2, 0) is 24.5 Å². The van der Waals surface area contributed by atoms with Crippen molar-refractivity contribution in [1.82, 2.24) is 0 Å². The normalized spacial score (nSPS) is 25.4. The molecular formula is C27H38O6P2. The van der Waals surface area contributed by atoms with E-state index in [1.165, 1.54) is 22.3 Å². The maximum absolute atomic E-state index is 6.17. The standard InChI is InChI=1S/C27H38O6P2/c1-6-8-9-23-14-20(3)10-12-25(23)32-34-28-16-27(17-29-34)18-30-35(31-19-27)33-26-13-11-21(4)15-24(26)22(5)7-2/h10-15,22H,6-9,16-19H2,1-5H3. The minimum Gasteiger partial charge on any atom is -0.426 e. The Balaban J connectivity index is 1.30. The van der Waals surface area contributed by atoms with Gasteiger partial charge < -0.3 is 27.1 Å². The molecule has 0 saturated carbocycles. The fraction of sp³-hybridized carbons (Fsp3) is 0.556. The van der Waals surface area contributed by atoms with Crippen LogP contribution in [0.4, 0.5) is 0 Å². The lowest BCUT2D eigenvalue weighted by Gasteiger charge is -2.41. The highest BCUT2D eigenvalue weighted by molar-refractivity contribution is 7.42. The number of hydrogen-bond acceptors (Lipinski definition) is 6. The predicted octanol–water partition coefficient (Wildman–Crippen LogP) is 8.15. The third-order valence-electron chi connectivity index (χ3n) is 6.57. The van der Waals surface area contributed by atoms with Crippen molar-refractivity contribution in [1.29, 1.82) is 0 Å². The Kier molecular flexibility index (Phi) is 9.43. The number of benzene rings is 2. The van der Waals surface area contributed by atoms with Gasteiger partial charge in [-0.25, -0.2) is 0 Å². The van der Waals surface area contributed by atoms with Gasteiger partial charge in [0.15, 0.2) is 0 Å². The lowest BCUT2D eigenvalue weighted by molar-refractivity contribution is -0.0673. The molecule has 0 bridgehead atoms. The molecule has 2 aliphatic heterocycles. The predicted molar refractivity (Wildman–Crippen MR) is 141 cm³/mol. The molecule has 1 spiro atoms. The summed E-state index contributed by atoms with van der Waals surface area (Å²) < 4.78 is 36.4. The van der Waals surface area contributed by atoms with Crippen LogP contribution in [0.1, 0.15) is 68.2 Å². The van der Waals surface area contributed by atoms with E-state index in [1.54, 1.807) is 0 Å². The summed E-state index contributed by atoms with van der Waals surface area (Å²) in [5.41, 5.74) is 4.53. The Morgan fingerprint density at radius 1 is 0.829 bits per heavy atom. The van der Waals surface area contributed by atoms with Gasteiger partial charge in [0, 0.05) is 0 Å². The van der Waals surface area contributed by atoms with E-state index in [0.717, 1.165) is 37.2 Å². The van der Waals surface area contributed by atoms with E-state index < -0.39 is 17.2 Å². The van der Waals surface area contributed by atoms with Crippen molar-refractivity contribution in [3.8, 4) is 11.5 Å². The van der Waals surface area contributed by atoms with E-state index in [0.29, 0.717) is 32.3 Å². The van der Waals surface area contributed by atoms with Gasteiger partial charge in [-0.2, -0.15) is 0 Å². The molecule has 2 heterocycles. The van der Waals surface area contributed by atoms with Gasteiger partial charge in [-0.05, 0) is 62.3 Å². The summed E-state index contributed by atoms with van der Waals surface area (Å²) in [6.07, 6.45) is 4.31. The molecule has 0 N–H and O–H groups in total. The summed E-state index contributed by atoms with van der Waals surface area (Å²) in [4.78, 5) is 0. The molecule has 6 nitrogen and oxygen atoms in total. The fourth-order valence-corrected chi connectivity index (χ4v) is 6.61. The van der Waals surface area contributed by atoms with Crippen molar-refractivity contribution < 1.29 is 27.1 Å². The number of unbranched alkanes of at least 4 members (excludes halogenated alkanes) is 1. The molecule has 4 rings (SSSR count). The lowest BCUT2D eigenvalue weighted by Crippen LogP contribution is -2.45. The molecule has 0 radical (unpaired) electrons. The van der Waals surface area contributed by atoms with Crippen molar-refractivity contribution in [3.63, 3.8) is 0 Å². The Labute approximate surface area is 212 Å². The van der Waals surface area contributed by atoms with Gasteiger partial charge in [0.1, 0.15) is 11.5 Å². The maximum atomic E-state index is 6.17. The zero-order valence-corrected chi connectivity index (χ0v) is 23.3. The van der Waals surface area contributed by atoms with Gasteiger partial charge >= 0.3 is 17.2 Å². The second kappa shape index (κ2) is 12.3. The molecule has 2 aliphatic rings. The highest BCUT2D eigenvalue weighted by Crippen LogP contribution is 2.54. The zero-order valence-electron chi connectivity index (χ0n) is 21.5. The fourth-order valence-electron chi connectivity index (χ4n) is 4.07. The van der Waals surface area contributed by atoms with E-state index in [1.807, 2.05) is 12.1 Å². The average Bonchev–Trinajstić information content (AvgIpc) is 2.87. The monoisotopic (exact) mass is 520 g/mol. The number of aryl methyl sites for hydroxylation is 3. The quantitative estimate of drug-likeness (QED) is 0.311. The van der Waals surface area contributed by atoms with Crippen LogP contribution in [0.15, 0.2) is 36.4 Å². The van der Waals surface area contributed by atoms with Gasteiger partial charge in [-0.3, -0.25) is 0 Å². The van der Waals surface area contributed by atoms with Crippen LogP contribution in [-0.4, -0.2) is 26.4 Å². The van der Waals surface area contributed by atoms with E-state index in [4.69, 9.17) is 27.1 Å². The van der Waals surface area contributed by atoms with Crippen LogP contribution in [0.5, 0.6) is 11.5 Å². The Bertz CT molecular complexity index is 966. The summed E-state index contributed by atoms with van der Waals surface area (Å²) in [5.74, 6) is 2.11. The number of hydrogen-bond donors (Lipinski definition) is 0. The second-order valence-electron chi connectivity index (χ2n) is 9.79. The van der Waals surface area contributed by atoms with Crippen molar-refractivity contribution in [2.45, 2.75) is 66.2 Å². The molecule has 35 heavy (non-hydrogen) atoms. The van der Waals surface area contributed by atoms with Gasteiger partial charge in [-0.15, -0.1) is 0 Å². The first-order valence-corrected chi connectivity index (χ1v) is 14.8. The summed E-state index contributed by atoms with van der Waals surface area (Å²) in [6, 6.07) is 12.6. The molecule has 0 amide bonds. The highest BCUT2D eigenvalue weighted by atomic mass is 31.2. The molecule has 0 aliphatic carbocycles. The first kappa shape index (κ1) is 26.8. The highest BCUT2D eigenvalue weighted by Gasteiger charge is 2.45. The van der Waals surface area contributed by atoms with Gasteiger partial charge in [0.05, 0.1) is 31.8 Å². The second-order valence-corrected chi connectivity index (χ2v) is 12.1. The molecule has 2 aromatic carbocycles. The molecule has 8 heteroatoms. The Hall–Kier alpha value is -1.26. The maximum Gasteiger partial charge on any atom is 0.397 e. The van der Waals surface area contributed by atoms with E-state index in [2.05, 4.69) is 58.9 Å². The van der Waals surface area contributed by atoms with Gasteiger partial charge in [0.2, 0.25) is 0 Å². The molecule has 1 atom stereocenters. The van der Waals surface area contributed by atoms with Crippen LogP contribution in [0.2, 0.25) is 0 Å². The van der Waals surface area contributed by atoms with Crippen LogP contribution in [0.3, 0.4) is 0 Å². The van der Waals surface area contributed by atoms with Crippen molar-refractivity contribution >= 4 is 17.2 Å². The topological polar surface area (TPSA) is 55.4 Å². The summed E-state index contributed by atoms with van der Waals surface area (Å²) in [6.45, 7) is 12.7. The van der Waals surface area contributed by atoms with Crippen molar-refractivity contribution in [2.24, 2.45) is 5.41 Å². The molecular weight excluding hydrogens is 482 g/mol. The summed E-state index contributed by atoms with van der Waals surface area (Å²) in [7, 11) is -2.90. The average molecular weight is 521 g/mol. The van der Waals surface area contributed by atoms with E-state index in [-0.39, 0.29) is 5.41 Å². The van der Waals surface area contributed by atoms with Crippen LogP contribution in [0.25, 0.3) is 0 Å². The molecule has 2 fully saturated rings. The minimum atomic E-state index is -1.46. The Morgan fingerprint density at radius 2 is 1.37 bits per heavy atom. The van der Waals surface area contributed by atoms with Gasteiger partial charge in [-0.1, -0.05) is 62.6 Å². The smallest absolute Gasteiger partial charge is 0.397 e. The van der Waals surface area contributed by atoms with E-state index in [9.17, 15) is 0 Å². The summed E-state index contributed by atoms with van der Waals surface area (Å²) >= 11 is 0. The molecule has 192 valence electrons.